The number of alkyl halides is 3. The predicted molar refractivity (Wildman–Crippen MR) is 78.1 cm³/mol. The summed E-state index contributed by atoms with van der Waals surface area (Å²) in [5, 5.41) is 0. The number of hydrogen-bond donors (Lipinski definition) is 0. The van der Waals surface area contributed by atoms with Gasteiger partial charge >= 0.3 is 15.6 Å². The SMILES string of the molecule is O=C(CC1CCCCC1)C1(OS(=O)(=O)C(F)(F)F)CCCCC1. The molecule has 2 saturated carbocycles. The number of Topliss-reactive ketones (excluding diaryl/α,β-unsaturated/α-hetero) is 1. The summed E-state index contributed by atoms with van der Waals surface area (Å²) in [6.45, 7) is 0. The Labute approximate surface area is 134 Å². The quantitative estimate of drug-likeness (QED) is 0.550. The third-order valence-electron chi connectivity index (χ3n) is 4.92. The van der Waals surface area contributed by atoms with E-state index in [1.807, 2.05) is 0 Å². The minimum atomic E-state index is -5.76. The van der Waals surface area contributed by atoms with Crippen LogP contribution in [0.5, 0.6) is 0 Å². The van der Waals surface area contributed by atoms with Gasteiger partial charge in [-0.2, -0.15) is 21.6 Å². The Morgan fingerprint density at radius 3 is 2.04 bits per heavy atom. The van der Waals surface area contributed by atoms with Crippen LogP contribution in [0.4, 0.5) is 13.2 Å². The lowest BCUT2D eigenvalue weighted by Gasteiger charge is -2.36. The van der Waals surface area contributed by atoms with Gasteiger partial charge in [0.15, 0.2) is 5.78 Å². The maximum Gasteiger partial charge on any atom is 0.523 e. The summed E-state index contributed by atoms with van der Waals surface area (Å²) in [7, 11) is -5.76. The number of carbonyl (C=O) groups excluding carboxylic acids is 1. The van der Waals surface area contributed by atoms with Crippen LogP contribution >= 0.6 is 0 Å². The number of halogens is 3. The van der Waals surface area contributed by atoms with E-state index in [1.165, 1.54) is 0 Å². The standard InChI is InChI=1S/C15H23F3O4S/c16-15(17,18)23(20,21)22-14(9-5-2-6-10-14)13(19)11-12-7-3-1-4-8-12/h12H,1-11H2. The molecule has 0 saturated heterocycles. The Bertz CT molecular complexity index is 515. The molecule has 2 aliphatic rings. The molecule has 0 radical (unpaired) electrons. The molecule has 0 atom stereocenters. The fourth-order valence-electron chi connectivity index (χ4n) is 3.63. The maximum atomic E-state index is 12.7. The van der Waals surface area contributed by atoms with Gasteiger partial charge in [-0.3, -0.25) is 4.79 Å². The second-order valence-corrected chi connectivity index (χ2v) is 8.21. The Balaban J connectivity index is 2.16. The molecule has 23 heavy (non-hydrogen) atoms. The van der Waals surface area contributed by atoms with Crippen LogP contribution in [0, 0.1) is 5.92 Å². The smallest absolute Gasteiger partial charge is 0.296 e. The normalized spacial score (nSPS) is 23.6. The van der Waals surface area contributed by atoms with Gasteiger partial charge in [0.1, 0.15) is 5.60 Å². The van der Waals surface area contributed by atoms with Crippen LogP contribution in [-0.4, -0.2) is 25.3 Å². The van der Waals surface area contributed by atoms with Crippen molar-refractivity contribution in [1.82, 2.24) is 0 Å². The van der Waals surface area contributed by atoms with E-state index >= 15 is 0 Å². The van der Waals surface area contributed by atoms with E-state index in [2.05, 4.69) is 4.18 Å². The summed E-state index contributed by atoms with van der Waals surface area (Å²) in [4.78, 5) is 12.6. The molecule has 2 fully saturated rings. The first-order valence-corrected chi connectivity index (χ1v) is 9.62. The summed E-state index contributed by atoms with van der Waals surface area (Å²) < 4.78 is 65.3. The number of carbonyl (C=O) groups is 1. The molecule has 0 aromatic rings. The van der Waals surface area contributed by atoms with Gasteiger partial charge in [-0.15, -0.1) is 0 Å². The Morgan fingerprint density at radius 2 is 1.52 bits per heavy atom. The van der Waals surface area contributed by atoms with Crippen molar-refractivity contribution < 1.29 is 30.6 Å². The van der Waals surface area contributed by atoms with Crippen LogP contribution in [-0.2, 0) is 19.1 Å². The van der Waals surface area contributed by atoms with Crippen LogP contribution in [0.3, 0.4) is 0 Å². The highest BCUT2D eigenvalue weighted by Crippen LogP contribution is 2.40. The van der Waals surface area contributed by atoms with Crippen molar-refractivity contribution in [1.29, 1.82) is 0 Å². The van der Waals surface area contributed by atoms with Crippen LogP contribution in [0.1, 0.15) is 70.6 Å². The van der Waals surface area contributed by atoms with E-state index in [9.17, 15) is 26.4 Å². The van der Waals surface area contributed by atoms with Crippen molar-refractivity contribution in [2.45, 2.75) is 81.7 Å². The minimum absolute atomic E-state index is 0.0495. The van der Waals surface area contributed by atoms with Gasteiger partial charge in [0.2, 0.25) is 0 Å². The molecule has 8 heteroatoms. The molecule has 2 aliphatic carbocycles. The molecule has 0 heterocycles. The Morgan fingerprint density at radius 1 is 1.00 bits per heavy atom. The summed E-state index contributed by atoms with van der Waals surface area (Å²) in [5.41, 5.74) is -7.31. The van der Waals surface area contributed by atoms with Crippen LogP contribution in [0.15, 0.2) is 0 Å². The molecule has 0 amide bonds. The first-order valence-electron chi connectivity index (χ1n) is 8.21. The second kappa shape index (κ2) is 7.09. The van der Waals surface area contributed by atoms with E-state index in [1.54, 1.807) is 0 Å². The molecular weight excluding hydrogens is 333 g/mol. The molecule has 0 N–H and O–H groups in total. The van der Waals surface area contributed by atoms with Gasteiger partial charge in [0, 0.05) is 6.42 Å². The van der Waals surface area contributed by atoms with Gasteiger partial charge in [-0.25, -0.2) is 4.18 Å². The third-order valence-corrected chi connectivity index (χ3v) is 6.03. The summed E-state index contributed by atoms with van der Waals surface area (Å²) >= 11 is 0. The van der Waals surface area contributed by atoms with Crippen molar-refractivity contribution >= 4 is 15.9 Å². The fraction of sp³-hybridized carbons (Fsp3) is 0.933. The zero-order chi connectivity index (χ0) is 17.1. The Hall–Kier alpha value is -0.630. The fourth-order valence-corrected chi connectivity index (χ4v) is 4.40. The lowest BCUT2D eigenvalue weighted by molar-refractivity contribution is -0.140. The van der Waals surface area contributed by atoms with Gasteiger partial charge in [-0.05, 0) is 18.8 Å². The van der Waals surface area contributed by atoms with Crippen molar-refractivity contribution in [2.75, 3.05) is 0 Å². The van der Waals surface area contributed by atoms with Gasteiger partial charge in [-0.1, -0.05) is 51.4 Å². The van der Waals surface area contributed by atoms with Crippen molar-refractivity contribution in [2.24, 2.45) is 5.92 Å². The Kier molecular flexibility index (Phi) is 5.76. The lowest BCUT2D eigenvalue weighted by atomic mass is 9.76. The van der Waals surface area contributed by atoms with E-state index in [-0.39, 0.29) is 25.2 Å². The average Bonchev–Trinajstić information content (AvgIpc) is 2.47. The zero-order valence-electron chi connectivity index (χ0n) is 13.0. The summed E-state index contributed by atoms with van der Waals surface area (Å²) in [5.74, 6) is -0.343. The number of rotatable bonds is 5. The van der Waals surface area contributed by atoms with E-state index in [4.69, 9.17) is 0 Å². The van der Waals surface area contributed by atoms with E-state index in [0.29, 0.717) is 12.8 Å². The summed E-state index contributed by atoms with van der Waals surface area (Å²) in [6.07, 6.45) is 6.85. The van der Waals surface area contributed by atoms with E-state index in [0.717, 1.165) is 38.5 Å². The van der Waals surface area contributed by atoms with Crippen LogP contribution in [0.25, 0.3) is 0 Å². The van der Waals surface area contributed by atoms with Crippen molar-refractivity contribution in [3.63, 3.8) is 0 Å². The first kappa shape index (κ1) is 18.7. The number of ketones is 1. The first-order chi connectivity index (χ1) is 10.7. The van der Waals surface area contributed by atoms with E-state index < -0.39 is 27.0 Å². The molecule has 0 bridgehead atoms. The summed E-state index contributed by atoms with van der Waals surface area (Å²) in [6, 6.07) is 0. The molecular formula is C15H23F3O4S. The molecule has 0 spiro atoms. The molecule has 2 rings (SSSR count). The molecule has 4 nitrogen and oxygen atoms in total. The van der Waals surface area contributed by atoms with Gasteiger partial charge < -0.3 is 0 Å². The zero-order valence-corrected chi connectivity index (χ0v) is 13.8. The highest BCUT2D eigenvalue weighted by molar-refractivity contribution is 7.87. The average molecular weight is 356 g/mol. The maximum absolute atomic E-state index is 12.7. The van der Waals surface area contributed by atoms with Crippen molar-refractivity contribution in [3.05, 3.63) is 0 Å². The third kappa shape index (κ3) is 4.47. The van der Waals surface area contributed by atoms with Crippen LogP contribution < -0.4 is 0 Å². The molecule has 0 aromatic carbocycles. The highest BCUT2D eigenvalue weighted by Gasteiger charge is 2.54. The van der Waals surface area contributed by atoms with Crippen LogP contribution in [0.2, 0.25) is 0 Å². The highest BCUT2D eigenvalue weighted by atomic mass is 32.2. The number of hydrogen-bond acceptors (Lipinski definition) is 4. The lowest BCUT2D eigenvalue weighted by Crippen LogP contribution is -2.48. The van der Waals surface area contributed by atoms with Gasteiger partial charge in [0.05, 0.1) is 0 Å². The molecule has 0 unspecified atom stereocenters. The predicted octanol–water partition coefficient (Wildman–Crippen LogP) is 4.10. The molecule has 134 valence electrons. The molecule has 0 aliphatic heterocycles. The monoisotopic (exact) mass is 356 g/mol. The topological polar surface area (TPSA) is 60.4 Å². The molecule has 0 aromatic heterocycles. The second-order valence-electron chi connectivity index (χ2n) is 6.67. The van der Waals surface area contributed by atoms with Gasteiger partial charge in [0.25, 0.3) is 0 Å². The minimum Gasteiger partial charge on any atom is -0.296 e. The largest absolute Gasteiger partial charge is 0.523 e. The van der Waals surface area contributed by atoms with Crippen molar-refractivity contribution in [3.8, 4) is 0 Å².